The zero-order chi connectivity index (χ0) is 26.0. The predicted molar refractivity (Wildman–Crippen MR) is 149 cm³/mol. The molecule has 0 unspecified atom stereocenters. The van der Waals surface area contributed by atoms with E-state index in [-0.39, 0.29) is 0 Å². The standard InChI is InChI=1S/C33H32O4/c1-3-36-32(33(34)35)23-25-11-19-30(20-12-25)37-22-21-31(28-13-9-24(2)10-14-28)29-17-15-27(16-18-29)26-7-5-4-6-8-26/h4-21,32H,3,22-23H2,1-2H3,(H,34,35)/b31-21-/t32-/m0/s1. The molecule has 0 amide bonds. The van der Waals surface area contributed by atoms with E-state index in [9.17, 15) is 9.90 Å². The second-order valence-corrected chi connectivity index (χ2v) is 8.87. The van der Waals surface area contributed by atoms with Gasteiger partial charge in [0.2, 0.25) is 0 Å². The Balaban J connectivity index is 1.49. The lowest BCUT2D eigenvalue weighted by molar-refractivity contribution is -0.149. The van der Waals surface area contributed by atoms with Crippen LogP contribution in [0.2, 0.25) is 0 Å². The summed E-state index contributed by atoms with van der Waals surface area (Å²) in [4.78, 5) is 11.4. The molecule has 188 valence electrons. The first kappa shape index (κ1) is 25.9. The second-order valence-electron chi connectivity index (χ2n) is 8.87. The fourth-order valence-corrected chi connectivity index (χ4v) is 4.18. The van der Waals surface area contributed by atoms with Crippen molar-refractivity contribution in [2.45, 2.75) is 26.4 Å². The van der Waals surface area contributed by atoms with Crippen molar-refractivity contribution in [3.05, 3.63) is 131 Å². The number of aliphatic carboxylic acids is 1. The van der Waals surface area contributed by atoms with Gasteiger partial charge in [-0.05, 0) is 65.4 Å². The molecule has 4 nitrogen and oxygen atoms in total. The van der Waals surface area contributed by atoms with Gasteiger partial charge in [-0.1, -0.05) is 96.6 Å². The van der Waals surface area contributed by atoms with Gasteiger partial charge >= 0.3 is 5.97 Å². The van der Waals surface area contributed by atoms with Crippen LogP contribution in [0.5, 0.6) is 5.75 Å². The summed E-state index contributed by atoms with van der Waals surface area (Å²) in [5.41, 5.74) is 7.84. The molecule has 1 N–H and O–H groups in total. The smallest absolute Gasteiger partial charge is 0.333 e. The van der Waals surface area contributed by atoms with E-state index in [1.165, 1.54) is 16.7 Å². The number of ether oxygens (including phenoxy) is 2. The maximum absolute atomic E-state index is 11.4. The Hall–Kier alpha value is -4.15. The van der Waals surface area contributed by atoms with E-state index < -0.39 is 12.1 Å². The number of hydrogen-bond donors (Lipinski definition) is 1. The largest absolute Gasteiger partial charge is 0.490 e. The maximum Gasteiger partial charge on any atom is 0.333 e. The molecule has 0 bridgehead atoms. The fraction of sp³-hybridized carbons (Fsp3) is 0.182. The van der Waals surface area contributed by atoms with E-state index >= 15 is 0 Å². The molecule has 4 rings (SSSR count). The van der Waals surface area contributed by atoms with E-state index in [2.05, 4.69) is 73.7 Å². The number of carbonyl (C=O) groups is 1. The molecule has 0 heterocycles. The van der Waals surface area contributed by atoms with Crippen LogP contribution < -0.4 is 4.74 Å². The van der Waals surface area contributed by atoms with Gasteiger partial charge in [-0.15, -0.1) is 0 Å². The predicted octanol–water partition coefficient (Wildman–Crippen LogP) is 7.20. The van der Waals surface area contributed by atoms with E-state index in [4.69, 9.17) is 9.47 Å². The van der Waals surface area contributed by atoms with Crippen molar-refractivity contribution in [1.82, 2.24) is 0 Å². The van der Waals surface area contributed by atoms with Gasteiger partial charge in [-0.25, -0.2) is 4.79 Å². The number of carboxylic acid groups (broad SMARTS) is 1. The summed E-state index contributed by atoms with van der Waals surface area (Å²) < 4.78 is 11.3. The number of benzene rings is 4. The van der Waals surface area contributed by atoms with Gasteiger partial charge in [0.15, 0.2) is 6.10 Å². The fourth-order valence-electron chi connectivity index (χ4n) is 4.18. The molecule has 0 aliphatic carbocycles. The van der Waals surface area contributed by atoms with Crippen molar-refractivity contribution in [2.75, 3.05) is 13.2 Å². The average molecular weight is 493 g/mol. The molecule has 37 heavy (non-hydrogen) atoms. The topological polar surface area (TPSA) is 55.8 Å². The summed E-state index contributed by atoms with van der Waals surface area (Å²) in [6, 6.07) is 35.0. The first-order valence-electron chi connectivity index (χ1n) is 12.5. The summed E-state index contributed by atoms with van der Waals surface area (Å²) in [6.45, 7) is 4.65. The van der Waals surface area contributed by atoms with Crippen molar-refractivity contribution >= 4 is 11.5 Å². The van der Waals surface area contributed by atoms with Crippen LogP contribution in [0, 0.1) is 6.92 Å². The number of carboxylic acids is 1. The number of hydrogen-bond acceptors (Lipinski definition) is 3. The second kappa shape index (κ2) is 12.7. The Morgan fingerprint density at radius 2 is 1.41 bits per heavy atom. The Bertz CT molecular complexity index is 1310. The molecule has 1 atom stereocenters. The zero-order valence-corrected chi connectivity index (χ0v) is 21.3. The van der Waals surface area contributed by atoms with Gasteiger partial charge in [0.05, 0.1) is 0 Å². The molecule has 0 saturated carbocycles. The summed E-state index contributed by atoms with van der Waals surface area (Å²) in [5, 5.41) is 9.31. The van der Waals surface area contributed by atoms with Gasteiger partial charge in [-0.2, -0.15) is 0 Å². The van der Waals surface area contributed by atoms with Gasteiger partial charge in [0.25, 0.3) is 0 Å². The van der Waals surface area contributed by atoms with Crippen LogP contribution in [-0.2, 0) is 16.0 Å². The first-order chi connectivity index (χ1) is 18.0. The van der Waals surface area contributed by atoms with Crippen LogP contribution in [-0.4, -0.2) is 30.4 Å². The summed E-state index contributed by atoms with van der Waals surface area (Å²) >= 11 is 0. The lowest BCUT2D eigenvalue weighted by Crippen LogP contribution is -2.26. The van der Waals surface area contributed by atoms with Gasteiger partial charge < -0.3 is 14.6 Å². The quantitative estimate of drug-likeness (QED) is 0.240. The molecule has 0 aromatic heterocycles. The molecular formula is C33H32O4. The van der Waals surface area contributed by atoms with Crippen LogP contribution in [0.4, 0.5) is 0 Å². The molecule has 4 heteroatoms. The maximum atomic E-state index is 11.4. The van der Waals surface area contributed by atoms with Crippen LogP contribution >= 0.6 is 0 Å². The molecule has 0 spiro atoms. The third-order valence-corrected chi connectivity index (χ3v) is 6.19. The molecule has 0 aliphatic rings. The first-order valence-corrected chi connectivity index (χ1v) is 12.5. The minimum Gasteiger partial charge on any atom is -0.490 e. The Morgan fingerprint density at radius 3 is 2.00 bits per heavy atom. The highest BCUT2D eigenvalue weighted by atomic mass is 16.5. The zero-order valence-electron chi connectivity index (χ0n) is 21.3. The molecule has 0 fully saturated rings. The number of rotatable bonds is 11. The SMILES string of the molecule is CCO[C@@H](Cc1ccc(OC/C=C(/c2ccc(C)cc2)c2ccc(-c3ccccc3)cc2)cc1)C(=O)O. The van der Waals surface area contributed by atoms with Crippen molar-refractivity contribution in [2.24, 2.45) is 0 Å². The molecule has 4 aromatic carbocycles. The minimum absolute atomic E-state index is 0.319. The van der Waals surface area contributed by atoms with Crippen LogP contribution in [0.15, 0.2) is 109 Å². The van der Waals surface area contributed by atoms with Crippen LogP contribution in [0.3, 0.4) is 0 Å². The van der Waals surface area contributed by atoms with E-state index in [1.807, 2.05) is 42.5 Å². The van der Waals surface area contributed by atoms with Crippen molar-refractivity contribution < 1.29 is 19.4 Å². The lowest BCUT2D eigenvalue weighted by atomic mass is 9.95. The van der Waals surface area contributed by atoms with Crippen molar-refractivity contribution in [3.8, 4) is 16.9 Å². The highest BCUT2D eigenvalue weighted by molar-refractivity contribution is 5.81. The van der Waals surface area contributed by atoms with Gasteiger partial charge in [-0.3, -0.25) is 0 Å². The van der Waals surface area contributed by atoms with Crippen molar-refractivity contribution in [1.29, 1.82) is 0 Å². The van der Waals surface area contributed by atoms with Crippen LogP contribution in [0.25, 0.3) is 16.7 Å². The molecule has 0 radical (unpaired) electrons. The molecule has 0 saturated heterocycles. The van der Waals surface area contributed by atoms with Gasteiger partial charge in [0.1, 0.15) is 12.4 Å². The highest BCUT2D eigenvalue weighted by Crippen LogP contribution is 2.27. The highest BCUT2D eigenvalue weighted by Gasteiger charge is 2.17. The van der Waals surface area contributed by atoms with E-state index in [0.29, 0.717) is 19.6 Å². The molecular weight excluding hydrogens is 460 g/mol. The number of aryl methyl sites for hydroxylation is 1. The van der Waals surface area contributed by atoms with Crippen molar-refractivity contribution in [3.63, 3.8) is 0 Å². The van der Waals surface area contributed by atoms with Crippen LogP contribution in [0.1, 0.15) is 29.2 Å². The van der Waals surface area contributed by atoms with Gasteiger partial charge in [0, 0.05) is 13.0 Å². The lowest BCUT2D eigenvalue weighted by Gasteiger charge is -2.13. The molecule has 4 aromatic rings. The molecule has 0 aliphatic heterocycles. The monoisotopic (exact) mass is 492 g/mol. The Morgan fingerprint density at radius 1 is 0.811 bits per heavy atom. The summed E-state index contributed by atoms with van der Waals surface area (Å²) in [7, 11) is 0. The van der Waals surface area contributed by atoms with E-state index in [0.717, 1.165) is 28.0 Å². The summed E-state index contributed by atoms with van der Waals surface area (Å²) in [5.74, 6) is -0.223. The Labute approximate surface area is 218 Å². The summed E-state index contributed by atoms with van der Waals surface area (Å²) in [6.07, 6.45) is 1.58. The third kappa shape index (κ3) is 7.18. The van der Waals surface area contributed by atoms with E-state index in [1.54, 1.807) is 6.92 Å². The minimum atomic E-state index is -0.951. The Kier molecular flexibility index (Phi) is 8.90. The average Bonchev–Trinajstić information content (AvgIpc) is 2.93. The third-order valence-electron chi connectivity index (χ3n) is 6.19. The normalized spacial score (nSPS) is 12.2.